The van der Waals surface area contributed by atoms with Crippen LogP contribution in [0.2, 0.25) is 0 Å². The van der Waals surface area contributed by atoms with Crippen LogP contribution in [0.3, 0.4) is 0 Å². The van der Waals surface area contributed by atoms with Gasteiger partial charge in [0.2, 0.25) is 0 Å². The minimum atomic E-state index is -0.454. The third-order valence-electron chi connectivity index (χ3n) is 8.18. The molecular weight excluding hydrogens is 511 g/mol. The van der Waals surface area contributed by atoms with Crippen LogP contribution in [0.4, 0.5) is 4.39 Å². The molecule has 9 nitrogen and oxygen atoms in total. The molecule has 3 heterocycles. The molecule has 0 radical (unpaired) electrons. The topological polar surface area (TPSA) is 98.2 Å². The Hall–Kier alpha value is -4.05. The predicted molar refractivity (Wildman–Crippen MR) is 150 cm³/mol. The highest BCUT2D eigenvalue weighted by molar-refractivity contribution is 5.83. The molecule has 40 heavy (non-hydrogen) atoms. The number of hydrogen-bond acceptors (Lipinski definition) is 7. The lowest BCUT2D eigenvalue weighted by atomic mass is 9.94. The number of tetrazole rings is 1. The van der Waals surface area contributed by atoms with E-state index in [4.69, 9.17) is 9.47 Å². The third-order valence-corrected chi connectivity index (χ3v) is 8.18. The summed E-state index contributed by atoms with van der Waals surface area (Å²) in [5.74, 6) is 1.56. The molecule has 0 amide bonds. The van der Waals surface area contributed by atoms with Crippen LogP contribution in [0.15, 0.2) is 53.3 Å². The number of methoxy groups -OCH3 is 2. The highest BCUT2D eigenvalue weighted by Crippen LogP contribution is 2.36. The first-order chi connectivity index (χ1) is 19.6. The quantitative estimate of drug-likeness (QED) is 0.348. The molecule has 2 aliphatic rings. The number of hydrogen-bond donors (Lipinski definition) is 1. The van der Waals surface area contributed by atoms with E-state index in [0.29, 0.717) is 41.5 Å². The first-order valence-electron chi connectivity index (χ1n) is 13.8. The lowest BCUT2D eigenvalue weighted by Gasteiger charge is -2.34. The van der Waals surface area contributed by atoms with Gasteiger partial charge in [-0.15, -0.1) is 5.10 Å². The summed E-state index contributed by atoms with van der Waals surface area (Å²) in [7, 11) is 3.16. The Morgan fingerprint density at radius 1 is 1.02 bits per heavy atom. The first kappa shape index (κ1) is 26.2. The number of pyridine rings is 1. The zero-order chi connectivity index (χ0) is 27.6. The fourth-order valence-corrected chi connectivity index (χ4v) is 6.06. The van der Waals surface area contributed by atoms with Gasteiger partial charge in [0, 0.05) is 30.1 Å². The number of fused-ring (bicyclic) bond motifs is 1. The fraction of sp³-hybridized carbons (Fsp3) is 0.400. The summed E-state index contributed by atoms with van der Waals surface area (Å²) in [5, 5.41) is 13.9. The fourth-order valence-electron chi connectivity index (χ4n) is 6.06. The van der Waals surface area contributed by atoms with Gasteiger partial charge < -0.3 is 14.5 Å². The Morgan fingerprint density at radius 3 is 2.48 bits per heavy atom. The standard InChI is InChI=1S/C30H33FN6O3/c1-39-26-17-21-16-24(30(38)32-25(21)18-27(26)40-2)28(29-33-34-35-37(29)23-6-4-3-5-7-23)36-14-12-20(13-15-36)19-8-10-22(31)11-9-19/h8-12,16-18,23,28H,3-7,13-15H2,1-2H3,(H,32,38). The summed E-state index contributed by atoms with van der Waals surface area (Å²) >= 11 is 0. The number of benzene rings is 2. The molecule has 1 aliphatic heterocycles. The third kappa shape index (κ3) is 4.99. The van der Waals surface area contributed by atoms with Crippen molar-refractivity contribution in [2.45, 2.75) is 50.6 Å². The molecule has 1 saturated carbocycles. The summed E-state index contributed by atoms with van der Waals surface area (Å²) < 4.78 is 26.4. The van der Waals surface area contributed by atoms with E-state index < -0.39 is 6.04 Å². The number of nitrogens with zero attached hydrogens (tertiary/aromatic N) is 5. The monoisotopic (exact) mass is 544 g/mol. The van der Waals surface area contributed by atoms with Crippen molar-refractivity contribution in [2.24, 2.45) is 0 Å². The molecule has 0 saturated heterocycles. The summed E-state index contributed by atoms with van der Waals surface area (Å²) in [4.78, 5) is 19.0. The SMILES string of the molecule is COc1cc2cc(C(c3nnnn3C3CCCCC3)N3CC=C(c4ccc(F)cc4)CC3)c(=O)[nH]c2cc1OC. The summed E-state index contributed by atoms with van der Waals surface area (Å²) in [5.41, 5.74) is 3.20. The van der Waals surface area contributed by atoms with Gasteiger partial charge in [0.15, 0.2) is 17.3 Å². The van der Waals surface area contributed by atoms with Crippen LogP contribution in [0, 0.1) is 5.82 Å². The number of rotatable bonds is 7. The number of ether oxygens (including phenoxy) is 2. The predicted octanol–water partition coefficient (Wildman–Crippen LogP) is 5.05. The molecule has 2 aromatic heterocycles. The van der Waals surface area contributed by atoms with Crippen LogP contribution in [0.1, 0.15) is 67.6 Å². The van der Waals surface area contributed by atoms with Crippen LogP contribution in [-0.4, -0.2) is 57.4 Å². The highest BCUT2D eigenvalue weighted by Gasteiger charge is 2.33. The molecule has 1 N–H and O–H groups in total. The van der Waals surface area contributed by atoms with Gasteiger partial charge in [-0.05, 0) is 65.1 Å². The summed E-state index contributed by atoms with van der Waals surface area (Å²) in [6.45, 7) is 1.28. The van der Waals surface area contributed by atoms with E-state index in [0.717, 1.165) is 48.6 Å². The molecule has 1 unspecified atom stereocenters. The van der Waals surface area contributed by atoms with Crippen LogP contribution < -0.4 is 15.0 Å². The normalized spacial score (nSPS) is 17.5. The van der Waals surface area contributed by atoms with Gasteiger partial charge in [-0.2, -0.15) is 0 Å². The summed E-state index contributed by atoms with van der Waals surface area (Å²) in [6.07, 6.45) is 8.44. The van der Waals surface area contributed by atoms with Crippen LogP contribution in [0.5, 0.6) is 11.5 Å². The van der Waals surface area contributed by atoms with Crippen LogP contribution in [-0.2, 0) is 0 Å². The van der Waals surface area contributed by atoms with Crippen molar-refractivity contribution in [3.8, 4) is 11.5 Å². The number of H-pyrrole nitrogens is 1. The van der Waals surface area contributed by atoms with Crippen LogP contribution >= 0.6 is 0 Å². The Balaban J connectivity index is 1.44. The minimum Gasteiger partial charge on any atom is -0.493 e. The zero-order valence-corrected chi connectivity index (χ0v) is 22.8. The van der Waals surface area contributed by atoms with Gasteiger partial charge >= 0.3 is 0 Å². The molecule has 2 aromatic carbocycles. The number of aromatic nitrogens is 5. The van der Waals surface area contributed by atoms with Crippen molar-refractivity contribution in [1.29, 1.82) is 0 Å². The molecule has 1 aliphatic carbocycles. The van der Waals surface area contributed by atoms with E-state index >= 15 is 0 Å². The van der Waals surface area contributed by atoms with E-state index in [9.17, 15) is 9.18 Å². The van der Waals surface area contributed by atoms with Crippen molar-refractivity contribution < 1.29 is 13.9 Å². The molecule has 4 aromatic rings. The summed E-state index contributed by atoms with van der Waals surface area (Å²) in [6, 6.07) is 11.9. The molecule has 1 atom stereocenters. The Morgan fingerprint density at radius 2 is 1.77 bits per heavy atom. The van der Waals surface area contributed by atoms with E-state index in [1.165, 1.54) is 18.6 Å². The lowest BCUT2D eigenvalue weighted by molar-refractivity contribution is 0.221. The second-order valence-corrected chi connectivity index (χ2v) is 10.5. The lowest BCUT2D eigenvalue weighted by Crippen LogP contribution is -2.38. The van der Waals surface area contributed by atoms with Crippen molar-refractivity contribution in [1.82, 2.24) is 30.1 Å². The van der Waals surface area contributed by atoms with E-state index in [1.54, 1.807) is 20.3 Å². The molecule has 6 rings (SSSR count). The van der Waals surface area contributed by atoms with Crippen molar-refractivity contribution in [3.63, 3.8) is 0 Å². The van der Waals surface area contributed by atoms with Crippen molar-refractivity contribution >= 4 is 16.5 Å². The van der Waals surface area contributed by atoms with Gasteiger partial charge in [-0.1, -0.05) is 37.5 Å². The zero-order valence-electron chi connectivity index (χ0n) is 22.8. The average Bonchev–Trinajstić information content (AvgIpc) is 3.47. The van der Waals surface area contributed by atoms with Gasteiger partial charge in [-0.25, -0.2) is 9.07 Å². The molecule has 208 valence electrons. The van der Waals surface area contributed by atoms with E-state index in [1.807, 2.05) is 28.9 Å². The van der Waals surface area contributed by atoms with E-state index in [-0.39, 0.29) is 17.4 Å². The van der Waals surface area contributed by atoms with Gasteiger partial charge in [0.25, 0.3) is 5.56 Å². The molecule has 0 bridgehead atoms. The molecular formula is C30H33FN6O3. The Labute approximate surface area is 231 Å². The number of aromatic amines is 1. The highest BCUT2D eigenvalue weighted by atomic mass is 19.1. The number of halogens is 1. The average molecular weight is 545 g/mol. The maximum absolute atomic E-state index is 13.7. The van der Waals surface area contributed by atoms with Crippen LogP contribution in [0.25, 0.3) is 16.5 Å². The molecule has 1 fully saturated rings. The maximum atomic E-state index is 13.7. The number of nitrogens with one attached hydrogen (secondary N) is 1. The molecule has 0 spiro atoms. The van der Waals surface area contributed by atoms with Gasteiger partial charge in [-0.3, -0.25) is 9.69 Å². The second-order valence-electron chi connectivity index (χ2n) is 10.5. The van der Waals surface area contributed by atoms with Gasteiger partial charge in [0.05, 0.1) is 25.8 Å². The largest absolute Gasteiger partial charge is 0.493 e. The van der Waals surface area contributed by atoms with Crippen molar-refractivity contribution in [2.75, 3.05) is 27.3 Å². The van der Waals surface area contributed by atoms with Gasteiger partial charge in [0.1, 0.15) is 11.9 Å². The van der Waals surface area contributed by atoms with Crippen molar-refractivity contribution in [3.05, 3.63) is 81.7 Å². The Kier molecular flexibility index (Phi) is 7.34. The maximum Gasteiger partial charge on any atom is 0.253 e. The Bertz CT molecular complexity index is 1590. The van der Waals surface area contributed by atoms with E-state index in [2.05, 4.69) is 31.5 Å². The smallest absolute Gasteiger partial charge is 0.253 e. The minimum absolute atomic E-state index is 0.198. The second kappa shape index (κ2) is 11.2. The first-order valence-corrected chi connectivity index (χ1v) is 13.8. The molecule has 10 heteroatoms.